The van der Waals surface area contributed by atoms with Crippen LogP contribution in [0.4, 0.5) is 5.69 Å². The number of nitrogens with zero attached hydrogens (tertiary/aromatic N) is 2. The molecular weight excluding hydrogens is 252 g/mol. The SMILES string of the molecule is CCCS(=O)(=O)N(CCO)c1ccccc1C#N. The molecule has 0 saturated carbocycles. The molecule has 0 saturated heterocycles. The van der Waals surface area contributed by atoms with E-state index in [1.165, 1.54) is 0 Å². The molecule has 0 fully saturated rings. The minimum absolute atomic E-state index is 0.00718. The highest BCUT2D eigenvalue weighted by molar-refractivity contribution is 7.92. The van der Waals surface area contributed by atoms with E-state index >= 15 is 0 Å². The van der Waals surface area contributed by atoms with Crippen LogP contribution in [-0.4, -0.2) is 32.4 Å². The number of aliphatic hydroxyl groups is 1. The quantitative estimate of drug-likeness (QED) is 0.837. The zero-order chi connectivity index (χ0) is 13.6. The largest absolute Gasteiger partial charge is 0.394 e. The van der Waals surface area contributed by atoms with Crippen LogP contribution in [0.3, 0.4) is 0 Å². The Bertz CT molecular complexity index is 534. The van der Waals surface area contributed by atoms with E-state index in [9.17, 15) is 8.42 Å². The first kappa shape index (κ1) is 14.5. The molecule has 0 atom stereocenters. The van der Waals surface area contributed by atoms with Crippen molar-refractivity contribution < 1.29 is 13.5 Å². The van der Waals surface area contributed by atoms with Gasteiger partial charge in [0.15, 0.2) is 0 Å². The fraction of sp³-hybridized carbons (Fsp3) is 0.417. The minimum Gasteiger partial charge on any atom is -0.394 e. The van der Waals surface area contributed by atoms with Gasteiger partial charge in [0.05, 0.1) is 30.2 Å². The first-order chi connectivity index (χ1) is 8.56. The predicted molar refractivity (Wildman–Crippen MR) is 69.7 cm³/mol. The van der Waals surface area contributed by atoms with Crippen molar-refractivity contribution in [2.45, 2.75) is 13.3 Å². The summed E-state index contributed by atoms with van der Waals surface area (Å²) in [5.74, 6) is -0.00718. The number of rotatable bonds is 6. The maximum Gasteiger partial charge on any atom is 0.235 e. The van der Waals surface area contributed by atoms with Crippen LogP contribution in [0.25, 0.3) is 0 Å². The molecule has 6 heteroatoms. The molecule has 0 aliphatic carbocycles. The normalized spacial score (nSPS) is 10.9. The van der Waals surface area contributed by atoms with Crippen molar-refractivity contribution in [2.75, 3.05) is 23.2 Å². The van der Waals surface area contributed by atoms with E-state index in [1.54, 1.807) is 31.2 Å². The molecule has 0 aromatic heterocycles. The number of benzene rings is 1. The van der Waals surface area contributed by atoms with Gasteiger partial charge in [-0.25, -0.2) is 8.42 Å². The molecule has 1 N–H and O–H groups in total. The van der Waals surface area contributed by atoms with Crippen LogP contribution in [-0.2, 0) is 10.0 Å². The highest BCUT2D eigenvalue weighted by Crippen LogP contribution is 2.22. The van der Waals surface area contributed by atoms with Crippen LogP contribution in [0.1, 0.15) is 18.9 Å². The zero-order valence-electron chi connectivity index (χ0n) is 10.2. The molecule has 1 aromatic rings. The van der Waals surface area contributed by atoms with Crippen LogP contribution in [0.15, 0.2) is 24.3 Å². The first-order valence-corrected chi connectivity index (χ1v) is 7.28. The summed E-state index contributed by atoms with van der Waals surface area (Å²) in [6, 6.07) is 8.43. The van der Waals surface area contributed by atoms with E-state index in [2.05, 4.69) is 0 Å². The van der Waals surface area contributed by atoms with Crippen LogP contribution < -0.4 is 4.31 Å². The Balaban J connectivity index is 3.25. The average Bonchev–Trinajstić information content (AvgIpc) is 2.35. The third-order valence-electron chi connectivity index (χ3n) is 2.39. The highest BCUT2D eigenvalue weighted by atomic mass is 32.2. The van der Waals surface area contributed by atoms with Gasteiger partial charge in [0.1, 0.15) is 6.07 Å². The van der Waals surface area contributed by atoms with Crippen molar-refractivity contribution in [3.63, 3.8) is 0 Å². The van der Waals surface area contributed by atoms with E-state index < -0.39 is 10.0 Å². The second-order valence-corrected chi connectivity index (χ2v) is 5.75. The first-order valence-electron chi connectivity index (χ1n) is 5.67. The van der Waals surface area contributed by atoms with E-state index in [0.717, 1.165) is 4.31 Å². The zero-order valence-corrected chi connectivity index (χ0v) is 11.0. The monoisotopic (exact) mass is 268 g/mol. The number of nitriles is 1. The fourth-order valence-electron chi connectivity index (χ4n) is 1.65. The van der Waals surface area contributed by atoms with Gasteiger partial charge < -0.3 is 5.11 Å². The standard InChI is InChI=1S/C12H16N2O3S/c1-2-9-18(16,17)14(7-8-15)12-6-4-3-5-11(12)10-13/h3-6,15H,2,7-9H2,1H3. The number of anilines is 1. The van der Waals surface area contributed by atoms with Crippen molar-refractivity contribution in [1.82, 2.24) is 0 Å². The van der Waals surface area contributed by atoms with Crippen molar-refractivity contribution in [2.24, 2.45) is 0 Å². The summed E-state index contributed by atoms with van der Waals surface area (Å²) < 4.78 is 25.3. The van der Waals surface area contributed by atoms with Crippen molar-refractivity contribution in [1.29, 1.82) is 5.26 Å². The van der Waals surface area contributed by atoms with E-state index in [1.807, 2.05) is 6.07 Å². The fourth-order valence-corrected chi connectivity index (χ4v) is 3.21. The number of para-hydroxylation sites is 1. The summed E-state index contributed by atoms with van der Waals surface area (Å²) in [7, 11) is -3.50. The van der Waals surface area contributed by atoms with Gasteiger partial charge in [-0.3, -0.25) is 4.31 Å². The lowest BCUT2D eigenvalue weighted by molar-refractivity contribution is 0.306. The lowest BCUT2D eigenvalue weighted by Gasteiger charge is -2.24. The van der Waals surface area contributed by atoms with Crippen molar-refractivity contribution in [3.05, 3.63) is 29.8 Å². The summed E-state index contributed by atoms with van der Waals surface area (Å²) in [6.45, 7) is 1.44. The average molecular weight is 268 g/mol. The number of aliphatic hydroxyl groups excluding tert-OH is 1. The molecule has 0 heterocycles. The van der Waals surface area contributed by atoms with E-state index in [-0.39, 0.29) is 24.5 Å². The summed E-state index contributed by atoms with van der Waals surface area (Å²) >= 11 is 0. The lowest BCUT2D eigenvalue weighted by atomic mass is 10.2. The van der Waals surface area contributed by atoms with Gasteiger partial charge in [-0.1, -0.05) is 19.1 Å². The van der Waals surface area contributed by atoms with Crippen molar-refractivity contribution in [3.8, 4) is 6.07 Å². The summed E-state index contributed by atoms with van der Waals surface area (Å²) in [4.78, 5) is 0. The maximum atomic E-state index is 12.1. The van der Waals surface area contributed by atoms with Crippen LogP contribution in [0.2, 0.25) is 0 Å². The summed E-state index contributed by atoms with van der Waals surface area (Å²) in [6.07, 6.45) is 0.485. The second-order valence-electron chi connectivity index (χ2n) is 3.74. The van der Waals surface area contributed by atoms with Gasteiger partial charge in [0.2, 0.25) is 10.0 Å². The molecule has 98 valence electrons. The molecule has 0 unspecified atom stereocenters. The molecule has 0 amide bonds. The summed E-state index contributed by atoms with van der Waals surface area (Å²) in [5, 5.41) is 18.0. The third kappa shape index (κ3) is 3.22. The van der Waals surface area contributed by atoms with Gasteiger partial charge in [0, 0.05) is 0 Å². The number of hydrogen-bond donors (Lipinski definition) is 1. The number of hydrogen-bond acceptors (Lipinski definition) is 4. The van der Waals surface area contributed by atoms with Gasteiger partial charge >= 0.3 is 0 Å². The smallest absolute Gasteiger partial charge is 0.235 e. The maximum absolute atomic E-state index is 12.1. The second kappa shape index (κ2) is 6.38. The highest BCUT2D eigenvalue weighted by Gasteiger charge is 2.23. The van der Waals surface area contributed by atoms with Crippen molar-refractivity contribution >= 4 is 15.7 Å². The minimum atomic E-state index is -3.50. The molecule has 0 radical (unpaired) electrons. The Labute approximate surface area is 107 Å². The topological polar surface area (TPSA) is 81.4 Å². The molecule has 18 heavy (non-hydrogen) atoms. The van der Waals surface area contributed by atoms with Crippen LogP contribution in [0, 0.1) is 11.3 Å². The number of sulfonamides is 1. The molecule has 0 aliphatic heterocycles. The van der Waals surface area contributed by atoms with Gasteiger partial charge in [-0.15, -0.1) is 0 Å². The molecule has 0 bridgehead atoms. The Hall–Kier alpha value is -1.58. The Morgan fingerprint density at radius 2 is 2.06 bits per heavy atom. The molecule has 1 aromatic carbocycles. The van der Waals surface area contributed by atoms with E-state index in [4.69, 9.17) is 10.4 Å². The lowest BCUT2D eigenvalue weighted by Crippen LogP contribution is -2.35. The Morgan fingerprint density at radius 1 is 1.39 bits per heavy atom. The summed E-state index contributed by atoms with van der Waals surface area (Å²) in [5.41, 5.74) is 0.605. The van der Waals surface area contributed by atoms with Crippen LogP contribution in [0.5, 0.6) is 0 Å². The molecule has 0 spiro atoms. The molecular formula is C12H16N2O3S. The third-order valence-corrected chi connectivity index (χ3v) is 4.37. The molecule has 1 rings (SSSR count). The van der Waals surface area contributed by atoms with Gasteiger partial charge in [0.25, 0.3) is 0 Å². The molecule has 5 nitrogen and oxygen atoms in total. The predicted octanol–water partition coefficient (Wildman–Crippen LogP) is 1.10. The Morgan fingerprint density at radius 3 is 2.61 bits per heavy atom. The van der Waals surface area contributed by atoms with Crippen LogP contribution >= 0.6 is 0 Å². The molecule has 0 aliphatic rings. The van der Waals surface area contributed by atoms with Gasteiger partial charge in [-0.2, -0.15) is 5.26 Å². The van der Waals surface area contributed by atoms with Gasteiger partial charge in [-0.05, 0) is 18.6 Å². The Kier molecular flexibility index (Phi) is 5.13. The van der Waals surface area contributed by atoms with E-state index in [0.29, 0.717) is 12.1 Å².